The van der Waals surface area contributed by atoms with Gasteiger partial charge in [-0.25, -0.2) is 0 Å². The Labute approximate surface area is 257 Å². The van der Waals surface area contributed by atoms with Gasteiger partial charge in [0.1, 0.15) is 11.5 Å². The minimum absolute atomic E-state index is 0.0607. The molecule has 0 N–H and O–H groups in total. The lowest BCUT2D eigenvalue weighted by Gasteiger charge is -2.12. The van der Waals surface area contributed by atoms with Crippen LogP contribution < -0.4 is 9.47 Å². The van der Waals surface area contributed by atoms with Gasteiger partial charge in [0.25, 0.3) is 0 Å². The predicted octanol–water partition coefficient (Wildman–Crippen LogP) is 6.36. The molecule has 0 spiro atoms. The van der Waals surface area contributed by atoms with Gasteiger partial charge in [-0.15, -0.1) is 0 Å². The van der Waals surface area contributed by atoms with Crippen molar-refractivity contribution in [3.63, 3.8) is 0 Å². The maximum Gasteiger partial charge on any atom is 0.437 e. The van der Waals surface area contributed by atoms with Crippen molar-refractivity contribution in [2.45, 2.75) is 58.3 Å². The molecule has 18 heteroatoms. The molecule has 45 heavy (non-hydrogen) atoms. The Morgan fingerprint density at radius 2 is 0.933 bits per heavy atom. The maximum atomic E-state index is 13.5. The minimum Gasteiger partial charge on any atom is -0.493 e. The minimum atomic E-state index is -5.00. The maximum absolute atomic E-state index is 13.5. The van der Waals surface area contributed by atoms with E-state index < -0.39 is 66.6 Å². The van der Waals surface area contributed by atoms with Crippen molar-refractivity contribution < 1.29 is 61.2 Å². The summed E-state index contributed by atoms with van der Waals surface area (Å²) >= 11 is 0. The van der Waals surface area contributed by atoms with Crippen LogP contribution in [0, 0.1) is 0 Å². The molecule has 0 atom stereocenters. The number of alkyl halides is 6. The second-order valence-electron chi connectivity index (χ2n) is 9.35. The molecule has 0 heterocycles. The largest absolute Gasteiger partial charge is 0.493 e. The Hall–Kier alpha value is -3.54. The van der Waals surface area contributed by atoms with Crippen molar-refractivity contribution in [1.29, 1.82) is 0 Å². The first-order valence-corrected chi connectivity index (χ1v) is 16.7. The summed E-state index contributed by atoms with van der Waals surface area (Å²) in [6.45, 7) is 3.53. The van der Waals surface area contributed by atoms with E-state index in [9.17, 15) is 43.2 Å². The molecule has 0 saturated heterocycles. The van der Waals surface area contributed by atoms with Gasteiger partial charge < -0.3 is 9.47 Å². The standard InChI is InChI=1S/C27H32F6N2O8S2/c1-3-5-18-44(36,37)42-34-24(26(28,29)30)20-8-12-22(13-9-20)40-16-7-17-41-23-14-10-21(11-15-23)25(27(31,32)33)35-43-45(38,39)19-6-4-2/h8-15H,3-7,16-19H2,1-2H3/b34-24-,35-25-. The van der Waals surface area contributed by atoms with Crippen LogP contribution in [0.15, 0.2) is 58.8 Å². The second-order valence-corrected chi connectivity index (χ2v) is 12.7. The van der Waals surface area contributed by atoms with Crippen molar-refractivity contribution in [2.24, 2.45) is 10.3 Å². The summed E-state index contributed by atoms with van der Waals surface area (Å²) in [6, 6.07) is 9.02. The molecule has 0 radical (unpaired) electrons. The molecule has 10 nitrogen and oxygen atoms in total. The Kier molecular flexibility index (Phi) is 14.0. The van der Waals surface area contributed by atoms with E-state index in [4.69, 9.17) is 9.47 Å². The van der Waals surface area contributed by atoms with Crippen LogP contribution >= 0.6 is 0 Å². The summed E-state index contributed by atoms with van der Waals surface area (Å²) in [7, 11) is -8.55. The number of rotatable bonds is 18. The van der Waals surface area contributed by atoms with Crippen LogP contribution in [0.1, 0.15) is 57.1 Å². The van der Waals surface area contributed by atoms with Gasteiger partial charge in [0.05, 0.1) is 24.7 Å². The number of unbranched alkanes of at least 4 members (excludes halogenated alkanes) is 2. The third kappa shape index (κ3) is 13.5. The first-order valence-electron chi connectivity index (χ1n) is 13.6. The molecule has 0 aromatic heterocycles. The smallest absolute Gasteiger partial charge is 0.437 e. The van der Waals surface area contributed by atoms with E-state index in [1.807, 2.05) is 0 Å². The Morgan fingerprint density at radius 1 is 0.600 bits per heavy atom. The van der Waals surface area contributed by atoms with Crippen LogP contribution in [-0.2, 0) is 28.8 Å². The number of hydrogen-bond acceptors (Lipinski definition) is 10. The number of benzene rings is 2. The fourth-order valence-corrected chi connectivity index (χ4v) is 5.11. The summed E-state index contributed by atoms with van der Waals surface area (Å²) < 4.78 is 147. The number of ether oxygens (including phenoxy) is 2. The fourth-order valence-electron chi connectivity index (χ4n) is 3.30. The molecule has 0 fully saturated rings. The molecule has 0 bridgehead atoms. The summed E-state index contributed by atoms with van der Waals surface area (Å²) in [6.07, 6.45) is -8.33. The summed E-state index contributed by atoms with van der Waals surface area (Å²) in [5.74, 6) is -0.564. The molecular weight excluding hydrogens is 658 g/mol. The lowest BCUT2D eigenvalue weighted by molar-refractivity contribution is -0.0606. The van der Waals surface area contributed by atoms with Crippen LogP contribution in [0.3, 0.4) is 0 Å². The fraction of sp³-hybridized carbons (Fsp3) is 0.481. The lowest BCUT2D eigenvalue weighted by atomic mass is 10.1. The molecule has 0 aliphatic carbocycles. The second kappa shape index (κ2) is 16.7. The van der Waals surface area contributed by atoms with Gasteiger partial charge in [-0.05, 0) is 61.4 Å². The van der Waals surface area contributed by atoms with Gasteiger partial charge in [-0.2, -0.15) is 43.2 Å². The topological polar surface area (TPSA) is 130 Å². The van der Waals surface area contributed by atoms with Gasteiger partial charge in [-0.3, -0.25) is 8.57 Å². The van der Waals surface area contributed by atoms with Gasteiger partial charge >= 0.3 is 32.6 Å². The summed E-state index contributed by atoms with van der Waals surface area (Å²) in [5.41, 5.74) is -3.97. The molecule has 0 amide bonds. The van der Waals surface area contributed by atoms with Gasteiger partial charge in [0, 0.05) is 17.5 Å². The third-order valence-electron chi connectivity index (χ3n) is 5.60. The normalized spacial score (nSPS) is 13.4. The zero-order chi connectivity index (χ0) is 33.7. The Morgan fingerprint density at radius 3 is 1.22 bits per heavy atom. The molecule has 0 aliphatic heterocycles. The summed E-state index contributed by atoms with van der Waals surface area (Å²) in [5, 5.41) is 5.69. The van der Waals surface area contributed by atoms with E-state index in [0.29, 0.717) is 12.8 Å². The zero-order valence-electron chi connectivity index (χ0n) is 24.2. The number of oxime groups is 2. The van der Waals surface area contributed by atoms with Crippen LogP contribution in [0.25, 0.3) is 0 Å². The van der Waals surface area contributed by atoms with Crippen LogP contribution in [0.4, 0.5) is 26.3 Å². The Bertz CT molecular complexity index is 1380. The predicted molar refractivity (Wildman–Crippen MR) is 153 cm³/mol. The van der Waals surface area contributed by atoms with Crippen molar-refractivity contribution in [3.05, 3.63) is 59.7 Å². The van der Waals surface area contributed by atoms with E-state index in [1.165, 1.54) is 24.3 Å². The van der Waals surface area contributed by atoms with E-state index in [1.54, 1.807) is 13.8 Å². The number of nitrogens with zero attached hydrogens (tertiary/aromatic N) is 2. The molecule has 0 saturated carbocycles. The molecular formula is C27H32F6N2O8S2. The molecule has 2 rings (SSSR count). The van der Waals surface area contributed by atoms with Gasteiger partial charge in [-0.1, -0.05) is 37.0 Å². The van der Waals surface area contributed by atoms with E-state index >= 15 is 0 Å². The van der Waals surface area contributed by atoms with Crippen molar-refractivity contribution in [3.8, 4) is 11.5 Å². The van der Waals surface area contributed by atoms with Crippen molar-refractivity contribution >= 4 is 31.7 Å². The molecule has 2 aromatic carbocycles. The van der Waals surface area contributed by atoms with Gasteiger partial charge in [0.15, 0.2) is 11.4 Å². The Balaban J connectivity index is 1.93. The molecule has 0 aliphatic rings. The monoisotopic (exact) mass is 690 g/mol. The highest BCUT2D eigenvalue weighted by atomic mass is 32.2. The first-order chi connectivity index (χ1) is 21.0. The van der Waals surface area contributed by atoms with Crippen molar-refractivity contribution in [2.75, 3.05) is 24.7 Å². The van der Waals surface area contributed by atoms with Crippen LogP contribution in [0.2, 0.25) is 0 Å². The highest BCUT2D eigenvalue weighted by molar-refractivity contribution is 7.86. The lowest BCUT2D eigenvalue weighted by Crippen LogP contribution is -2.25. The SMILES string of the molecule is CCCCS(=O)(=O)O/N=C(/c1ccc(OCCCOc2ccc(/C(=N/OS(=O)(=O)CCCC)C(F)(F)F)cc2)cc1)C(F)(F)F. The highest BCUT2D eigenvalue weighted by Gasteiger charge is 2.39. The highest BCUT2D eigenvalue weighted by Crippen LogP contribution is 2.26. The van der Waals surface area contributed by atoms with E-state index in [2.05, 4.69) is 18.9 Å². The molecule has 2 aromatic rings. The molecule has 0 unspecified atom stereocenters. The van der Waals surface area contributed by atoms with Crippen LogP contribution in [0.5, 0.6) is 11.5 Å². The van der Waals surface area contributed by atoms with Gasteiger partial charge in [0.2, 0.25) is 0 Å². The van der Waals surface area contributed by atoms with E-state index in [0.717, 1.165) is 24.3 Å². The third-order valence-corrected chi connectivity index (χ3v) is 7.78. The van der Waals surface area contributed by atoms with E-state index in [-0.39, 0.29) is 44.0 Å². The van der Waals surface area contributed by atoms with Crippen molar-refractivity contribution in [1.82, 2.24) is 0 Å². The average molecular weight is 691 g/mol. The zero-order valence-corrected chi connectivity index (χ0v) is 25.9. The van der Waals surface area contributed by atoms with Crippen LogP contribution in [-0.4, -0.2) is 65.3 Å². The average Bonchev–Trinajstić information content (AvgIpc) is 2.95. The summed E-state index contributed by atoms with van der Waals surface area (Å²) in [4.78, 5) is 0. The quantitative estimate of drug-likeness (QED) is 0.0765. The number of hydrogen-bond donors (Lipinski definition) is 0. The number of halogens is 6. The molecule has 252 valence electrons. The first kappa shape index (κ1) is 37.6.